The van der Waals surface area contributed by atoms with Crippen molar-refractivity contribution in [3.05, 3.63) is 29.5 Å². The molecule has 1 aromatic heterocycles. The lowest BCUT2D eigenvalue weighted by Gasteiger charge is -2.30. The van der Waals surface area contributed by atoms with Crippen LogP contribution in [0.1, 0.15) is 49.8 Å². The number of methoxy groups -OCH3 is 2. The molecule has 0 unspecified atom stereocenters. The average molecular weight is 469 g/mol. The molecule has 0 radical (unpaired) electrons. The highest BCUT2D eigenvalue weighted by molar-refractivity contribution is 5.89. The largest absolute Gasteiger partial charge is 0.493 e. The molecule has 9 nitrogen and oxygen atoms in total. The first-order valence-electron chi connectivity index (χ1n) is 12.1. The van der Waals surface area contributed by atoms with Gasteiger partial charge in [-0.05, 0) is 63.5 Å². The van der Waals surface area contributed by atoms with E-state index >= 15 is 0 Å². The fraction of sp³-hybridized carbons (Fsp3) is 0.560. The van der Waals surface area contributed by atoms with Crippen molar-refractivity contribution in [1.82, 2.24) is 15.3 Å². The molecule has 1 aromatic carbocycles. The number of amides is 2. The number of ether oxygens (including phenoxy) is 2. The minimum absolute atomic E-state index is 0.139. The standard InChI is InChI=1S/C25H36N6O3/c1-31(2)23-19-7-5-6-8-20(19)29-24(30-23)26-16-9-11-17(12-10-16)27-25(32)28-18-13-14-21(33-3)22(15-18)34-4/h13-17H,5-12H2,1-4H3,(H,26,29,30)(H2,27,28,32)/t16-,17+. The highest BCUT2D eigenvalue weighted by Gasteiger charge is 2.25. The normalized spacial score (nSPS) is 19.5. The smallest absolute Gasteiger partial charge is 0.319 e. The Hall–Kier alpha value is -3.23. The van der Waals surface area contributed by atoms with Crippen LogP contribution in [-0.4, -0.2) is 56.4 Å². The zero-order chi connectivity index (χ0) is 24.1. The molecule has 2 amide bonds. The van der Waals surface area contributed by atoms with Gasteiger partial charge in [-0.2, -0.15) is 4.98 Å². The van der Waals surface area contributed by atoms with Gasteiger partial charge in [-0.1, -0.05) is 0 Å². The van der Waals surface area contributed by atoms with Gasteiger partial charge in [0.05, 0.1) is 19.9 Å². The van der Waals surface area contributed by atoms with E-state index in [0.717, 1.165) is 50.3 Å². The quantitative estimate of drug-likeness (QED) is 0.565. The zero-order valence-corrected chi connectivity index (χ0v) is 20.6. The monoisotopic (exact) mass is 468 g/mol. The maximum Gasteiger partial charge on any atom is 0.319 e. The summed E-state index contributed by atoms with van der Waals surface area (Å²) < 4.78 is 10.5. The van der Waals surface area contributed by atoms with Crippen molar-refractivity contribution in [1.29, 1.82) is 0 Å². The van der Waals surface area contributed by atoms with Gasteiger partial charge in [0.2, 0.25) is 5.95 Å². The second-order valence-corrected chi connectivity index (χ2v) is 9.26. The number of urea groups is 1. The summed E-state index contributed by atoms with van der Waals surface area (Å²) in [6.45, 7) is 0. The van der Waals surface area contributed by atoms with Crippen molar-refractivity contribution < 1.29 is 14.3 Å². The van der Waals surface area contributed by atoms with Crippen LogP contribution in [-0.2, 0) is 12.8 Å². The molecule has 0 bridgehead atoms. The number of hydrogen-bond acceptors (Lipinski definition) is 7. The number of rotatable bonds is 7. The molecule has 0 spiro atoms. The first-order chi connectivity index (χ1) is 16.5. The lowest BCUT2D eigenvalue weighted by Crippen LogP contribution is -2.42. The SMILES string of the molecule is COc1ccc(NC(=O)N[C@H]2CC[C@@H](Nc3nc4c(c(N(C)C)n3)CCCC4)CC2)cc1OC. The third-order valence-corrected chi connectivity index (χ3v) is 6.62. The number of nitrogens with one attached hydrogen (secondary N) is 3. The maximum absolute atomic E-state index is 12.5. The van der Waals surface area contributed by atoms with Gasteiger partial charge in [0.25, 0.3) is 0 Å². The molecule has 184 valence electrons. The van der Waals surface area contributed by atoms with Gasteiger partial charge in [0, 0.05) is 43.5 Å². The van der Waals surface area contributed by atoms with E-state index in [1.165, 1.54) is 24.1 Å². The van der Waals surface area contributed by atoms with Gasteiger partial charge in [-0.15, -0.1) is 0 Å². The van der Waals surface area contributed by atoms with E-state index in [1.54, 1.807) is 32.4 Å². The van der Waals surface area contributed by atoms with Gasteiger partial charge >= 0.3 is 6.03 Å². The summed E-state index contributed by atoms with van der Waals surface area (Å²) in [7, 11) is 7.25. The number of aryl methyl sites for hydroxylation is 1. The van der Waals surface area contributed by atoms with Crippen LogP contribution in [0.4, 0.5) is 22.2 Å². The third kappa shape index (κ3) is 5.63. The lowest BCUT2D eigenvalue weighted by atomic mass is 9.91. The van der Waals surface area contributed by atoms with Crippen LogP contribution in [0.25, 0.3) is 0 Å². The molecular formula is C25H36N6O3. The number of carbonyl (C=O) groups excluding carboxylic acids is 1. The number of benzene rings is 1. The topological polar surface area (TPSA) is 101 Å². The number of carbonyl (C=O) groups is 1. The predicted octanol–water partition coefficient (Wildman–Crippen LogP) is 3.98. The zero-order valence-electron chi connectivity index (χ0n) is 20.6. The van der Waals surface area contributed by atoms with Gasteiger partial charge in [0.15, 0.2) is 11.5 Å². The number of nitrogens with zero attached hydrogens (tertiary/aromatic N) is 3. The highest BCUT2D eigenvalue weighted by Crippen LogP contribution is 2.31. The van der Waals surface area contributed by atoms with E-state index in [1.807, 2.05) is 14.1 Å². The van der Waals surface area contributed by atoms with Crippen molar-refractivity contribution in [3.8, 4) is 11.5 Å². The minimum Gasteiger partial charge on any atom is -0.493 e. The van der Waals surface area contributed by atoms with Crippen molar-refractivity contribution in [2.45, 2.75) is 63.5 Å². The van der Waals surface area contributed by atoms with Crippen LogP contribution in [0.3, 0.4) is 0 Å². The van der Waals surface area contributed by atoms with Crippen molar-refractivity contribution in [2.24, 2.45) is 0 Å². The van der Waals surface area contributed by atoms with Crippen LogP contribution in [0.2, 0.25) is 0 Å². The molecule has 34 heavy (non-hydrogen) atoms. The Kier molecular flexibility index (Phi) is 7.59. The number of hydrogen-bond donors (Lipinski definition) is 3. The van der Waals surface area contributed by atoms with E-state index in [9.17, 15) is 4.79 Å². The summed E-state index contributed by atoms with van der Waals surface area (Å²) in [6.07, 6.45) is 8.21. The highest BCUT2D eigenvalue weighted by atomic mass is 16.5. The molecule has 2 aliphatic carbocycles. The number of fused-ring (bicyclic) bond motifs is 1. The van der Waals surface area contributed by atoms with Gasteiger partial charge < -0.3 is 30.3 Å². The fourth-order valence-corrected chi connectivity index (χ4v) is 4.84. The van der Waals surface area contributed by atoms with Crippen LogP contribution in [0.5, 0.6) is 11.5 Å². The van der Waals surface area contributed by atoms with E-state index in [2.05, 4.69) is 20.9 Å². The Labute approximate surface area is 201 Å². The second kappa shape index (κ2) is 10.8. The Bertz CT molecular complexity index is 1000. The summed E-state index contributed by atoms with van der Waals surface area (Å²) in [4.78, 5) is 24.3. The van der Waals surface area contributed by atoms with Crippen LogP contribution in [0, 0.1) is 0 Å². The molecule has 2 aromatic rings. The van der Waals surface area contributed by atoms with E-state index in [4.69, 9.17) is 19.4 Å². The molecule has 0 saturated heterocycles. The first kappa shape index (κ1) is 23.9. The Balaban J connectivity index is 1.29. The van der Waals surface area contributed by atoms with E-state index in [-0.39, 0.29) is 12.1 Å². The molecule has 3 N–H and O–H groups in total. The van der Waals surface area contributed by atoms with Gasteiger partial charge in [0.1, 0.15) is 5.82 Å². The van der Waals surface area contributed by atoms with E-state index in [0.29, 0.717) is 23.2 Å². The summed E-state index contributed by atoms with van der Waals surface area (Å²) in [6, 6.07) is 5.55. The van der Waals surface area contributed by atoms with Gasteiger partial charge in [-0.3, -0.25) is 0 Å². The average Bonchev–Trinajstić information content (AvgIpc) is 2.84. The molecule has 0 atom stereocenters. The van der Waals surface area contributed by atoms with Crippen molar-refractivity contribution >= 4 is 23.5 Å². The third-order valence-electron chi connectivity index (χ3n) is 6.62. The van der Waals surface area contributed by atoms with Crippen LogP contribution < -0.4 is 30.3 Å². The molecule has 1 saturated carbocycles. The molecule has 1 heterocycles. The summed E-state index contributed by atoms with van der Waals surface area (Å²) >= 11 is 0. The summed E-state index contributed by atoms with van der Waals surface area (Å²) in [5, 5.41) is 9.54. The molecule has 2 aliphatic rings. The van der Waals surface area contributed by atoms with Crippen LogP contribution in [0.15, 0.2) is 18.2 Å². The molecule has 4 rings (SSSR count). The van der Waals surface area contributed by atoms with Crippen molar-refractivity contribution in [2.75, 3.05) is 43.8 Å². The molecule has 0 aliphatic heterocycles. The summed E-state index contributed by atoms with van der Waals surface area (Å²) in [5.74, 6) is 2.97. The predicted molar refractivity (Wildman–Crippen MR) is 134 cm³/mol. The first-order valence-corrected chi connectivity index (χ1v) is 12.1. The maximum atomic E-state index is 12.5. The molecule has 1 fully saturated rings. The fourth-order valence-electron chi connectivity index (χ4n) is 4.84. The second-order valence-electron chi connectivity index (χ2n) is 9.26. The Morgan fingerprint density at radius 1 is 0.971 bits per heavy atom. The Morgan fingerprint density at radius 3 is 2.38 bits per heavy atom. The molecule has 9 heteroatoms. The summed E-state index contributed by atoms with van der Waals surface area (Å²) in [5.41, 5.74) is 3.15. The van der Waals surface area contributed by atoms with E-state index < -0.39 is 0 Å². The van der Waals surface area contributed by atoms with Crippen LogP contribution >= 0.6 is 0 Å². The van der Waals surface area contributed by atoms with Gasteiger partial charge in [-0.25, -0.2) is 9.78 Å². The Morgan fingerprint density at radius 2 is 1.68 bits per heavy atom. The van der Waals surface area contributed by atoms with Crippen molar-refractivity contribution in [3.63, 3.8) is 0 Å². The minimum atomic E-state index is -0.211. The number of anilines is 3. The molecular weight excluding hydrogens is 432 g/mol. The number of aromatic nitrogens is 2. The lowest BCUT2D eigenvalue weighted by molar-refractivity contribution is 0.243.